The number of methoxy groups -OCH3 is 1. The molecule has 5 rings (SSSR count). The number of Topliss-reactive ketones (excluding diaryl/α,β-unsaturated/α-hetero) is 1. The Bertz CT molecular complexity index is 1420. The van der Waals surface area contributed by atoms with Crippen molar-refractivity contribution in [3.05, 3.63) is 64.5 Å². The van der Waals surface area contributed by atoms with Crippen LogP contribution in [-0.4, -0.2) is 40.0 Å². The number of aryl methyl sites for hydroxylation is 1. The first-order chi connectivity index (χ1) is 16.9. The molecule has 0 saturated heterocycles. The Morgan fingerprint density at radius 3 is 2.66 bits per heavy atom. The molecule has 1 amide bonds. The minimum atomic E-state index is -0.945. The fraction of sp³-hybridized carbons (Fsp3) is 0.222. The molecule has 8 heteroatoms. The van der Waals surface area contributed by atoms with E-state index in [1.165, 1.54) is 7.11 Å². The number of ether oxygens (including phenoxy) is 1. The summed E-state index contributed by atoms with van der Waals surface area (Å²) in [6.07, 6.45) is 3.69. The summed E-state index contributed by atoms with van der Waals surface area (Å²) < 4.78 is 5.22. The average Bonchev–Trinajstić information content (AvgIpc) is 3.35. The molecular formula is C27H24N2O6. The van der Waals surface area contributed by atoms with E-state index in [0.29, 0.717) is 52.2 Å². The van der Waals surface area contributed by atoms with Gasteiger partial charge in [0.15, 0.2) is 17.3 Å². The summed E-state index contributed by atoms with van der Waals surface area (Å²) in [7, 11) is 1.48. The highest BCUT2D eigenvalue weighted by atomic mass is 16.5. The highest BCUT2D eigenvalue weighted by molar-refractivity contribution is 6.35. The lowest BCUT2D eigenvalue weighted by Crippen LogP contribution is -2.11. The highest BCUT2D eigenvalue weighted by Gasteiger charge is 2.29. The predicted molar refractivity (Wildman–Crippen MR) is 131 cm³/mol. The second-order valence-electron chi connectivity index (χ2n) is 8.70. The summed E-state index contributed by atoms with van der Waals surface area (Å²) in [4.78, 5) is 40.1. The number of phenolic OH excluding ortho intramolecular Hbond substituents is 1. The minimum absolute atomic E-state index is 0.00683. The third-order valence-electron chi connectivity index (χ3n) is 6.52. The molecule has 0 radical (unpaired) electrons. The van der Waals surface area contributed by atoms with Gasteiger partial charge < -0.3 is 25.3 Å². The molecule has 4 N–H and O–H groups in total. The van der Waals surface area contributed by atoms with Gasteiger partial charge in [-0.1, -0.05) is 12.1 Å². The van der Waals surface area contributed by atoms with Crippen LogP contribution in [0.2, 0.25) is 0 Å². The number of carboxylic acids is 1. The van der Waals surface area contributed by atoms with Crippen LogP contribution in [-0.2, 0) is 22.4 Å². The Kier molecular flexibility index (Phi) is 5.64. The molecule has 2 heterocycles. The van der Waals surface area contributed by atoms with Crippen LogP contribution in [0.15, 0.2) is 36.4 Å². The third kappa shape index (κ3) is 4.07. The van der Waals surface area contributed by atoms with Crippen molar-refractivity contribution in [1.29, 1.82) is 0 Å². The maximum Gasteiger partial charge on any atom is 0.303 e. The fourth-order valence-electron chi connectivity index (χ4n) is 4.82. The second-order valence-corrected chi connectivity index (χ2v) is 8.70. The van der Waals surface area contributed by atoms with E-state index in [2.05, 4.69) is 10.3 Å². The van der Waals surface area contributed by atoms with Gasteiger partial charge in [-0.2, -0.15) is 0 Å². The number of anilines is 1. The van der Waals surface area contributed by atoms with E-state index in [9.17, 15) is 24.6 Å². The van der Waals surface area contributed by atoms with Crippen LogP contribution in [0.25, 0.3) is 22.8 Å². The zero-order valence-electron chi connectivity index (χ0n) is 19.1. The van der Waals surface area contributed by atoms with Gasteiger partial charge in [0.2, 0.25) is 0 Å². The molecule has 1 aliphatic carbocycles. The Hall–Kier alpha value is -4.33. The van der Waals surface area contributed by atoms with E-state index < -0.39 is 5.97 Å². The first-order valence-corrected chi connectivity index (χ1v) is 11.4. The largest absolute Gasteiger partial charge is 0.504 e. The number of aromatic hydroxyl groups is 1. The third-order valence-corrected chi connectivity index (χ3v) is 6.52. The number of rotatable bonds is 6. The molecule has 178 valence electrons. The van der Waals surface area contributed by atoms with Crippen molar-refractivity contribution in [2.75, 3.05) is 12.4 Å². The molecule has 0 unspecified atom stereocenters. The molecule has 2 aromatic carbocycles. The van der Waals surface area contributed by atoms with Crippen molar-refractivity contribution in [2.24, 2.45) is 0 Å². The van der Waals surface area contributed by atoms with Crippen LogP contribution in [0.4, 0.5) is 5.69 Å². The average molecular weight is 472 g/mol. The molecule has 8 nitrogen and oxygen atoms in total. The molecule has 35 heavy (non-hydrogen) atoms. The fourth-order valence-corrected chi connectivity index (χ4v) is 4.82. The number of phenols is 1. The number of H-pyrrole nitrogens is 1. The number of carbonyl (C=O) groups excluding carboxylic acids is 2. The van der Waals surface area contributed by atoms with Crippen LogP contribution < -0.4 is 10.1 Å². The van der Waals surface area contributed by atoms with Crippen molar-refractivity contribution < 1.29 is 29.3 Å². The molecule has 0 fully saturated rings. The highest BCUT2D eigenvalue weighted by Crippen LogP contribution is 2.39. The van der Waals surface area contributed by atoms with E-state index >= 15 is 0 Å². The first kappa shape index (κ1) is 22.5. The monoisotopic (exact) mass is 472 g/mol. The quantitative estimate of drug-likeness (QED) is 0.393. The summed E-state index contributed by atoms with van der Waals surface area (Å²) in [5.41, 5.74) is 6.06. The number of amides is 1. The number of carbonyl (C=O) groups is 3. The van der Waals surface area contributed by atoms with Crippen molar-refractivity contribution in [3.8, 4) is 22.6 Å². The van der Waals surface area contributed by atoms with E-state index in [1.807, 2.05) is 18.2 Å². The van der Waals surface area contributed by atoms with Crippen LogP contribution >= 0.6 is 0 Å². The van der Waals surface area contributed by atoms with Crippen LogP contribution in [0.1, 0.15) is 52.1 Å². The van der Waals surface area contributed by atoms with Gasteiger partial charge in [-0.25, -0.2) is 0 Å². The van der Waals surface area contributed by atoms with Crippen molar-refractivity contribution in [2.45, 2.75) is 32.1 Å². The van der Waals surface area contributed by atoms with Crippen LogP contribution in [0, 0.1) is 0 Å². The molecule has 2 aliphatic rings. The topological polar surface area (TPSA) is 129 Å². The number of aliphatic carboxylic acids is 1. The van der Waals surface area contributed by atoms with Gasteiger partial charge in [0.05, 0.1) is 12.7 Å². The normalized spacial score (nSPS) is 15.6. The second kappa shape index (κ2) is 8.79. The van der Waals surface area contributed by atoms with E-state index in [4.69, 9.17) is 4.74 Å². The number of aromatic amines is 1. The SMILES string of the molecule is COc1cc(-c2ccc3c(c2)/C(=C/c2[nH]c4c(c2CCC(=O)O)C(=O)CCC4)C(=O)N3)ccc1O. The summed E-state index contributed by atoms with van der Waals surface area (Å²) in [6.45, 7) is 0. The van der Waals surface area contributed by atoms with Gasteiger partial charge in [0.1, 0.15) is 0 Å². The summed E-state index contributed by atoms with van der Waals surface area (Å²) in [6, 6.07) is 10.6. The summed E-state index contributed by atoms with van der Waals surface area (Å²) in [5.74, 6) is -0.831. The molecule has 0 spiro atoms. The Labute approximate surface area is 201 Å². The van der Waals surface area contributed by atoms with Crippen molar-refractivity contribution in [1.82, 2.24) is 4.98 Å². The van der Waals surface area contributed by atoms with Crippen LogP contribution in [0.3, 0.4) is 0 Å². The zero-order chi connectivity index (χ0) is 24.7. The number of hydrogen-bond acceptors (Lipinski definition) is 5. The number of benzene rings is 2. The van der Waals surface area contributed by atoms with E-state index in [-0.39, 0.29) is 30.3 Å². The smallest absolute Gasteiger partial charge is 0.303 e. The number of carboxylic acid groups (broad SMARTS) is 1. The molecule has 1 aromatic heterocycles. The van der Waals surface area contributed by atoms with Gasteiger partial charge in [-0.15, -0.1) is 0 Å². The van der Waals surface area contributed by atoms with Gasteiger partial charge in [0, 0.05) is 41.0 Å². The number of fused-ring (bicyclic) bond motifs is 2. The molecule has 3 aromatic rings. The van der Waals surface area contributed by atoms with Gasteiger partial charge in [-0.05, 0) is 66.3 Å². The Morgan fingerprint density at radius 2 is 1.89 bits per heavy atom. The number of aromatic nitrogens is 1. The van der Waals surface area contributed by atoms with Gasteiger partial charge >= 0.3 is 5.97 Å². The number of hydrogen-bond donors (Lipinski definition) is 4. The Balaban J connectivity index is 1.60. The van der Waals surface area contributed by atoms with Gasteiger partial charge in [-0.3, -0.25) is 14.4 Å². The molecule has 0 atom stereocenters. The maximum absolute atomic E-state index is 12.9. The van der Waals surface area contributed by atoms with E-state index in [0.717, 1.165) is 23.2 Å². The molecule has 1 aliphatic heterocycles. The van der Waals surface area contributed by atoms with Crippen LogP contribution in [0.5, 0.6) is 11.5 Å². The minimum Gasteiger partial charge on any atom is -0.504 e. The lowest BCUT2D eigenvalue weighted by Gasteiger charge is -2.11. The number of ketones is 1. The first-order valence-electron chi connectivity index (χ1n) is 11.4. The van der Waals surface area contributed by atoms with Gasteiger partial charge in [0.25, 0.3) is 5.91 Å². The summed E-state index contributed by atoms with van der Waals surface area (Å²) >= 11 is 0. The van der Waals surface area contributed by atoms with Crippen molar-refractivity contribution >= 4 is 35.0 Å². The standard InChI is InChI=1S/C27H24N2O6/c1-35-24-12-15(6-9-22(24)30)14-5-8-19-17(11-14)18(27(34)29-19)13-21-16(7-10-25(32)33)26-20(28-21)3-2-4-23(26)31/h5-6,8-9,11-13,28,30H,2-4,7,10H2,1H3,(H,29,34)(H,32,33)/b18-13-. The lowest BCUT2D eigenvalue weighted by atomic mass is 9.91. The zero-order valence-corrected chi connectivity index (χ0v) is 19.1. The predicted octanol–water partition coefficient (Wildman–Crippen LogP) is 4.42. The summed E-state index contributed by atoms with van der Waals surface area (Å²) in [5, 5.41) is 22.0. The maximum atomic E-state index is 12.9. The molecule has 0 bridgehead atoms. The number of nitrogens with one attached hydrogen (secondary N) is 2. The van der Waals surface area contributed by atoms with E-state index in [1.54, 1.807) is 24.3 Å². The van der Waals surface area contributed by atoms with Crippen molar-refractivity contribution in [3.63, 3.8) is 0 Å². The molecule has 0 saturated carbocycles. The molecular weight excluding hydrogens is 448 g/mol. The lowest BCUT2D eigenvalue weighted by molar-refractivity contribution is -0.137. The Morgan fingerprint density at radius 1 is 1.11 bits per heavy atom.